The van der Waals surface area contributed by atoms with Gasteiger partial charge in [0.05, 0.1) is 5.25 Å². The molecular formula is C8H17NO2S. The zero-order valence-electron chi connectivity index (χ0n) is 7.66. The lowest BCUT2D eigenvalue weighted by Gasteiger charge is -2.30. The molecular weight excluding hydrogens is 174 g/mol. The minimum absolute atomic E-state index is 0.149. The van der Waals surface area contributed by atoms with Gasteiger partial charge >= 0.3 is 0 Å². The molecule has 1 fully saturated rings. The van der Waals surface area contributed by atoms with Gasteiger partial charge in [0, 0.05) is 12.3 Å². The summed E-state index contributed by atoms with van der Waals surface area (Å²) in [6.07, 6.45) is 3.86. The van der Waals surface area contributed by atoms with Crippen LogP contribution in [0.4, 0.5) is 0 Å². The third kappa shape index (κ3) is 2.20. The maximum Gasteiger partial charge on any atom is 0.151 e. The normalized spacial score (nSPS) is 38.1. The molecule has 3 unspecified atom stereocenters. The van der Waals surface area contributed by atoms with Crippen LogP contribution in [0.1, 0.15) is 26.2 Å². The average Bonchev–Trinajstić information content (AvgIpc) is 1.83. The number of hydrogen-bond acceptors (Lipinski definition) is 3. The van der Waals surface area contributed by atoms with Gasteiger partial charge < -0.3 is 5.73 Å². The molecule has 0 aliphatic heterocycles. The van der Waals surface area contributed by atoms with E-state index in [2.05, 4.69) is 6.92 Å². The first-order valence-electron chi connectivity index (χ1n) is 4.35. The number of nitrogens with two attached hydrogens (primary N) is 1. The fourth-order valence-electron chi connectivity index (χ4n) is 1.93. The van der Waals surface area contributed by atoms with Crippen molar-refractivity contribution in [2.75, 3.05) is 6.26 Å². The Morgan fingerprint density at radius 3 is 2.33 bits per heavy atom. The summed E-state index contributed by atoms with van der Waals surface area (Å²) in [5, 5.41) is -0.298. The fraction of sp³-hybridized carbons (Fsp3) is 1.00. The van der Waals surface area contributed by atoms with Gasteiger partial charge in [0.1, 0.15) is 0 Å². The molecule has 1 saturated carbocycles. The van der Waals surface area contributed by atoms with Gasteiger partial charge in [-0.1, -0.05) is 6.92 Å². The Morgan fingerprint density at radius 2 is 1.92 bits per heavy atom. The van der Waals surface area contributed by atoms with Crippen LogP contribution in [-0.4, -0.2) is 26.0 Å². The molecule has 0 amide bonds. The van der Waals surface area contributed by atoms with Crippen LogP contribution in [0, 0.1) is 5.92 Å². The van der Waals surface area contributed by atoms with Gasteiger partial charge in [0.2, 0.25) is 0 Å². The fourth-order valence-corrected chi connectivity index (χ4v) is 3.24. The first-order chi connectivity index (χ1) is 5.41. The SMILES string of the molecule is CC1CCC(S(C)(=O)=O)C(N)C1. The summed E-state index contributed by atoms with van der Waals surface area (Å²) in [7, 11) is -2.92. The van der Waals surface area contributed by atoms with E-state index in [1.54, 1.807) is 0 Å². The van der Waals surface area contributed by atoms with Crippen molar-refractivity contribution in [3.8, 4) is 0 Å². The zero-order valence-corrected chi connectivity index (χ0v) is 8.47. The smallest absolute Gasteiger partial charge is 0.151 e. The lowest BCUT2D eigenvalue weighted by molar-refractivity contribution is 0.344. The molecule has 0 spiro atoms. The monoisotopic (exact) mass is 191 g/mol. The second-order valence-corrected chi connectivity index (χ2v) is 6.21. The topological polar surface area (TPSA) is 60.2 Å². The van der Waals surface area contributed by atoms with Crippen LogP contribution in [0.2, 0.25) is 0 Å². The van der Waals surface area contributed by atoms with E-state index in [1.807, 2.05) is 0 Å². The summed E-state index contributed by atoms with van der Waals surface area (Å²) >= 11 is 0. The molecule has 12 heavy (non-hydrogen) atoms. The molecule has 3 atom stereocenters. The van der Waals surface area contributed by atoms with Crippen molar-refractivity contribution < 1.29 is 8.42 Å². The maximum atomic E-state index is 11.2. The van der Waals surface area contributed by atoms with Crippen molar-refractivity contribution in [2.45, 2.75) is 37.5 Å². The van der Waals surface area contributed by atoms with Crippen LogP contribution in [0.5, 0.6) is 0 Å². The molecule has 0 bridgehead atoms. The number of sulfone groups is 1. The van der Waals surface area contributed by atoms with E-state index in [9.17, 15) is 8.42 Å². The minimum Gasteiger partial charge on any atom is -0.327 e. The van der Waals surface area contributed by atoms with Gasteiger partial charge in [-0.15, -0.1) is 0 Å². The van der Waals surface area contributed by atoms with Gasteiger partial charge in [-0.05, 0) is 25.2 Å². The Kier molecular flexibility index (Phi) is 2.78. The molecule has 1 aliphatic rings. The Hall–Kier alpha value is -0.0900. The van der Waals surface area contributed by atoms with E-state index in [4.69, 9.17) is 5.73 Å². The summed E-state index contributed by atoms with van der Waals surface area (Å²) in [5.74, 6) is 0.581. The summed E-state index contributed by atoms with van der Waals surface area (Å²) in [4.78, 5) is 0. The Labute approximate surface area is 74.3 Å². The first-order valence-corrected chi connectivity index (χ1v) is 6.31. The number of hydrogen-bond donors (Lipinski definition) is 1. The van der Waals surface area contributed by atoms with Gasteiger partial charge in [0.25, 0.3) is 0 Å². The molecule has 0 saturated heterocycles. The average molecular weight is 191 g/mol. The highest BCUT2D eigenvalue weighted by molar-refractivity contribution is 7.91. The largest absolute Gasteiger partial charge is 0.327 e. The second-order valence-electron chi connectivity index (χ2n) is 3.95. The summed E-state index contributed by atoms with van der Waals surface area (Å²) in [5.41, 5.74) is 5.78. The van der Waals surface area contributed by atoms with Crippen LogP contribution in [0.25, 0.3) is 0 Å². The van der Waals surface area contributed by atoms with Crippen molar-refractivity contribution >= 4 is 9.84 Å². The zero-order chi connectivity index (χ0) is 9.35. The van der Waals surface area contributed by atoms with Crippen molar-refractivity contribution in [1.82, 2.24) is 0 Å². The molecule has 0 aromatic rings. The summed E-state index contributed by atoms with van der Waals surface area (Å²) in [6.45, 7) is 2.12. The van der Waals surface area contributed by atoms with Crippen LogP contribution < -0.4 is 5.73 Å². The van der Waals surface area contributed by atoms with Gasteiger partial charge in [0.15, 0.2) is 9.84 Å². The molecule has 0 radical (unpaired) electrons. The highest BCUT2D eigenvalue weighted by atomic mass is 32.2. The lowest BCUT2D eigenvalue weighted by atomic mass is 9.87. The molecule has 1 aliphatic carbocycles. The van der Waals surface area contributed by atoms with E-state index in [0.717, 1.165) is 19.3 Å². The standard InChI is InChI=1S/C8H17NO2S/c1-6-3-4-8(7(9)5-6)12(2,10)11/h6-8H,3-5,9H2,1-2H3. The predicted octanol–water partition coefficient (Wildman–Crippen LogP) is 0.547. The minimum atomic E-state index is -2.92. The van der Waals surface area contributed by atoms with E-state index in [0.29, 0.717) is 5.92 Å². The quantitative estimate of drug-likeness (QED) is 0.658. The summed E-state index contributed by atoms with van der Waals surface area (Å²) in [6, 6.07) is -0.149. The maximum absolute atomic E-state index is 11.2. The van der Waals surface area contributed by atoms with Gasteiger partial charge in [-0.2, -0.15) is 0 Å². The molecule has 2 N–H and O–H groups in total. The first kappa shape index (κ1) is 9.99. The van der Waals surface area contributed by atoms with E-state index < -0.39 is 9.84 Å². The van der Waals surface area contributed by atoms with E-state index in [-0.39, 0.29) is 11.3 Å². The van der Waals surface area contributed by atoms with Crippen LogP contribution in [0.15, 0.2) is 0 Å². The molecule has 3 nitrogen and oxygen atoms in total. The van der Waals surface area contributed by atoms with Crippen LogP contribution in [-0.2, 0) is 9.84 Å². The van der Waals surface area contributed by atoms with Crippen molar-refractivity contribution in [3.63, 3.8) is 0 Å². The highest BCUT2D eigenvalue weighted by Crippen LogP contribution is 2.26. The Bertz CT molecular complexity index is 248. The van der Waals surface area contributed by atoms with Crippen LogP contribution in [0.3, 0.4) is 0 Å². The van der Waals surface area contributed by atoms with Crippen LogP contribution >= 0.6 is 0 Å². The predicted molar refractivity (Wildman–Crippen MR) is 49.6 cm³/mol. The summed E-state index contributed by atoms with van der Waals surface area (Å²) < 4.78 is 22.4. The van der Waals surface area contributed by atoms with E-state index in [1.165, 1.54) is 6.26 Å². The molecule has 0 aromatic heterocycles. The molecule has 72 valence electrons. The number of rotatable bonds is 1. The van der Waals surface area contributed by atoms with Gasteiger partial charge in [-0.3, -0.25) is 0 Å². The molecule has 0 heterocycles. The lowest BCUT2D eigenvalue weighted by Crippen LogP contribution is -2.44. The Morgan fingerprint density at radius 1 is 1.33 bits per heavy atom. The third-order valence-corrected chi connectivity index (χ3v) is 4.33. The highest BCUT2D eigenvalue weighted by Gasteiger charge is 2.32. The van der Waals surface area contributed by atoms with Gasteiger partial charge in [-0.25, -0.2) is 8.42 Å². The Balaban J connectivity index is 2.69. The van der Waals surface area contributed by atoms with E-state index >= 15 is 0 Å². The molecule has 4 heteroatoms. The van der Waals surface area contributed by atoms with Crippen molar-refractivity contribution in [3.05, 3.63) is 0 Å². The third-order valence-electron chi connectivity index (χ3n) is 2.65. The molecule has 1 rings (SSSR count). The second kappa shape index (κ2) is 3.34. The van der Waals surface area contributed by atoms with Crippen molar-refractivity contribution in [1.29, 1.82) is 0 Å². The molecule has 0 aromatic carbocycles. The van der Waals surface area contributed by atoms with Crippen molar-refractivity contribution in [2.24, 2.45) is 11.7 Å².